The molecule has 0 atom stereocenters. The molecule has 0 aliphatic heterocycles. The Kier molecular flexibility index (Phi) is 10.6. The Hall–Kier alpha value is -2.64. The molecule has 0 bridgehead atoms. The Balaban J connectivity index is 0.000000472. The van der Waals surface area contributed by atoms with Gasteiger partial charge in [-0.25, -0.2) is 9.59 Å². The van der Waals surface area contributed by atoms with E-state index < -0.39 is 19.1 Å². The van der Waals surface area contributed by atoms with Crippen molar-refractivity contribution in [1.29, 1.82) is 0 Å². The van der Waals surface area contributed by atoms with Crippen molar-refractivity contribution in [3.63, 3.8) is 0 Å². The fraction of sp³-hybridized carbons (Fsp3) is 0.222. The molecule has 0 fully saturated rings. The van der Waals surface area contributed by atoms with E-state index in [2.05, 4.69) is 29.2 Å². The van der Waals surface area contributed by atoms with Crippen molar-refractivity contribution in [2.45, 2.75) is 13.8 Å². The predicted octanol–water partition coefficient (Wildman–Crippen LogP) is 1.23. The van der Waals surface area contributed by atoms with Crippen molar-refractivity contribution in [3.05, 3.63) is 60.7 Å². The third-order valence-corrected chi connectivity index (χ3v) is 2.72. The van der Waals surface area contributed by atoms with E-state index in [4.69, 9.17) is 10.0 Å². The van der Waals surface area contributed by atoms with Gasteiger partial charge < -0.3 is 19.5 Å². The van der Waals surface area contributed by atoms with Crippen LogP contribution in [0.25, 0.3) is 6.08 Å². The number of hydrogen-bond donors (Lipinski definition) is 2. The summed E-state index contributed by atoms with van der Waals surface area (Å²) in [5.41, 5.74) is 2.09. The van der Waals surface area contributed by atoms with E-state index in [0.717, 1.165) is 5.56 Å². The molecular weight excluding hydrogens is 323 g/mol. The number of carbonyl (C=O) groups is 2. The van der Waals surface area contributed by atoms with Crippen LogP contribution < -0.4 is 5.46 Å². The van der Waals surface area contributed by atoms with Gasteiger partial charge in [0, 0.05) is 11.1 Å². The van der Waals surface area contributed by atoms with Crippen LogP contribution in [0.15, 0.2) is 55.1 Å². The molecule has 0 heterocycles. The molecule has 7 heteroatoms. The zero-order valence-electron chi connectivity index (χ0n) is 14.5. The van der Waals surface area contributed by atoms with Gasteiger partial charge in [0.05, 0.1) is 0 Å². The molecule has 0 saturated carbocycles. The normalized spacial score (nSPS) is 9.12. The molecule has 0 saturated heterocycles. The summed E-state index contributed by atoms with van der Waals surface area (Å²) in [5, 5.41) is 17.4. The van der Waals surface area contributed by atoms with Gasteiger partial charge in [-0.3, -0.25) is 0 Å². The minimum atomic E-state index is -1.38. The molecule has 2 N–H and O–H groups in total. The van der Waals surface area contributed by atoms with Gasteiger partial charge in [0.25, 0.3) is 0 Å². The lowest BCUT2D eigenvalue weighted by molar-refractivity contribution is -0.147. The highest BCUT2D eigenvalue weighted by Gasteiger charge is 2.08. The summed E-state index contributed by atoms with van der Waals surface area (Å²) in [6, 6.07) is 6.87. The van der Waals surface area contributed by atoms with E-state index in [1.165, 1.54) is 0 Å². The molecule has 6 nitrogen and oxygen atoms in total. The van der Waals surface area contributed by atoms with E-state index in [-0.39, 0.29) is 13.2 Å². The minimum absolute atomic E-state index is 0.0325. The number of esters is 2. The van der Waals surface area contributed by atoms with Gasteiger partial charge in [-0.1, -0.05) is 50.1 Å². The summed E-state index contributed by atoms with van der Waals surface area (Å²) in [6.07, 6.45) is 1.70. The number of hydrogen-bond acceptors (Lipinski definition) is 6. The summed E-state index contributed by atoms with van der Waals surface area (Å²) in [7, 11) is -1.38. The minimum Gasteiger partial charge on any atom is -0.459 e. The Morgan fingerprint density at radius 1 is 1.00 bits per heavy atom. The summed E-state index contributed by atoms with van der Waals surface area (Å²) in [6.45, 7) is 13.5. The molecule has 0 aromatic heterocycles. The second kappa shape index (κ2) is 11.8. The first kappa shape index (κ1) is 22.4. The largest absolute Gasteiger partial charge is 0.488 e. The number of carbonyl (C=O) groups excluding carboxylic acids is 2. The van der Waals surface area contributed by atoms with Gasteiger partial charge in [-0.2, -0.15) is 0 Å². The van der Waals surface area contributed by atoms with Crippen LogP contribution in [-0.2, 0) is 19.1 Å². The highest BCUT2D eigenvalue weighted by atomic mass is 16.6. The second-order valence-electron chi connectivity index (χ2n) is 5.08. The molecule has 0 spiro atoms. The summed E-state index contributed by atoms with van der Waals surface area (Å²) in [4.78, 5) is 21.7. The summed E-state index contributed by atoms with van der Waals surface area (Å²) >= 11 is 0. The van der Waals surface area contributed by atoms with Crippen molar-refractivity contribution in [2.75, 3.05) is 13.2 Å². The molecule has 25 heavy (non-hydrogen) atoms. The SMILES string of the molecule is C=C(C)C(=O)OCCOC(=O)C(=C)C.C=Cc1ccc(B(O)O)cc1. The van der Waals surface area contributed by atoms with E-state index in [1.54, 1.807) is 44.2 Å². The maximum absolute atomic E-state index is 10.8. The smallest absolute Gasteiger partial charge is 0.459 e. The fourth-order valence-electron chi connectivity index (χ4n) is 1.32. The average Bonchev–Trinajstić information content (AvgIpc) is 2.58. The number of rotatable bonds is 7. The van der Waals surface area contributed by atoms with Crippen LogP contribution in [0.5, 0.6) is 0 Å². The van der Waals surface area contributed by atoms with Crippen molar-refractivity contribution in [2.24, 2.45) is 0 Å². The van der Waals surface area contributed by atoms with Crippen LogP contribution in [-0.4, -0.2) is 42.3 Å². The molecule has 134 valence electrons. The van der Waals surface area contributed by atoms with Gasteiger partial charge in [-0.15, -0.1) is 0 Å². The molecule has 1 aromatic carbocycles. The highest BCUT2D eigenvalue weighted by Crippen LogP contribution is 1.97. The standard InChI is InChI=1S/C10H14O4.C8H9BO2/c1-7(2)9(11)13-5-6-14-10(12)8(3)4;1-2-7-3-5-8(6-4-7)9(10)11/h1,3,5-6H2,2,4H3;2-6,10-11H,1H2. The zero-order valence-corrected chi connectivity index (χ0v) is 14.5. The van der Waals surface area contributed by atoms with E-state index in [9.17, 15) is 9.59 Å². The first-order valence-electron chi connectivity index (χ1n) is 7.42. The Labute approximate surface area is 148 Å². The molecule has 0 aliphatic carbocycles. The molecule has 0 unspecified atom stereocenters. The molecule has 1 rings (SSSR count). The second-order valence-corrected chi connectivity index (χ2v) is 5.08. The first-order valence-corrected chi connectivity index (χ1v) is 7.42. The van der Waals surface area contributed by atoms with Crippen LogP contribution in [0.1, 0.15) is 19.4 Å². The number of ether oxygens (including phenoxy) is 2. The van der Waals surface area contributed by atoms with E-state index >= 15 is 0 Å². The maximum Gasteiger partial charge on any atom is 0.488 e. The van der Waals surface area contributed by atoms with Gasteiger partial charge in [0.1, 0.15) is 13.2 Å². The van der Waals surface area contributed by atoms with E-state index in [1.807, 2.05) is 0 Å². The van der Waals surface area contributed by atoms with Gasteiger partial charge in [0.2, 0.25) is 0 Å². The predicted molar refractivity (Wildman–Crippen MR) is 97.9 cm³/mol. The quantitative estimate of drug-likeness (QED) is 0.334. The van der Waals surface area contributed by atoms with Crippen molar-refractivity contribution < 1.29 is 29.1 Å². The Morgan fingerprint density at radius 2 is 1.40 bits per heavy atom. The molecule has 0 aliphatic rings. The zero-order chi connectivity index (χ0) is 19.4. The van der Waals surface area contributed by atoms with Gasteiger partial charge in [0.15, 0.2) is 0 Å². The van der Waals surface area contributed by atoms with Gasteiger partial charge in [-0.05, 0) is 24.9 Å². The van der Waals surface area contributed by atoms with Crippen LogP contribution >= 0.6 is 0 Å². The third-order valence-electron chi connectivity index (χ3n) is 2.72. The Morgan fingerprint density at radius 3 is 1.68 bits per heavy atom. The van der Waals surface area contributed by atoms with E-state index in [0.29, 0.717) is 16.6 Å². The topological polar surface area (TPSA) is 93.1 Å². The third kappa shape index (κ3) is 9.96. The molecule has 1 aromatic rings. The number of benzene rings is 1. The van der Waals surface area contributed by atoms with Crippen LogP contribution in [0.4, 0.5) is 0 Å². The molecule has 0 amide bonds. The average molecular weight is 346 g/mol. The van der Waals surface area contributed by atoms with Crippen molar-refractivity contribution >= 4 is 30.6 Å². The molecule has 0 radical (unpaired) electrons. The maximum atomic E-state index is 10.8. The van der Waals surface area contributed by atoms with Crippen molar-refractivity contribution in [3.8, 4) is 0 Å². The lowest BCUT2D eigenvalue weighted by Gasteiger charge is -2.05. The fourth-order valence-corrected chi connectivity index (χ4v) is 1.32. The summed E-state index contributed by atoms with van der Waals surface area (Å²) in [5.74, 6) is -0.979. The van der Waals surface area contributed by atoms with Crippen LogP contribution in [0.3, 0.4) is 0 Å². The van der Waals surface area contributed by atoms with Crippen LogP contribution in [0, 0.1) is 0 Å². The highest BCUT2D eigenvalue weighted by molar-refractivity contribution is 6.58. The summed E-state index contributed by atoms with van der Waals surface area (Å²) < 4.78 is 9.38. The lowest BCUT2D eigenvalue weighted by Crippen LogP contribution is -2.29. The Bertz CT molecular complexity index is 591. The van der Waals surface area contributed by atoms with Crippen molar-refractivity contribution in [1.82, 2.24) is 0 Å². The first-order chi connectivity index (χ1) is 11.7. The van der Waals surface area contributed by atoms with Crippen LogP contribution in [0.2, 0.25) is 0 Å². The molecular formula is C18H23BO6. The lowest BCUT2D eigenvalue weighted by atomic mass is 9.80. The van der Waals surface area contributed by atoms with Gasteiger partial charge >= 0.3 is 19.1 Å². The monoisotopic (exact) mass is 346 g/mol.